The molecule has 3 rings (SSSR count). The highest BCUT2D eigenvalue weighted by molar-refractivity contribution is 7.13. The van der Waals surface area contributed by atoms with Crippen LogP contribution in [0.3, 0.4) is 0 Å². The number of nitrogens with zero attached hydrogens (tertiary/aromatic N) is 3. The first-order chi connectivity index (χ1) is 14.7. The van der Waals surface area contributed by atoms with E-state index < -0.39 is 11.8 Å². The maximum Gasteiger partial charge on any atom is 0.312 e. The number of piperazine rings is 1. The van der Waals surface area contributed by atoms with Crippen LogP contribution < -0.4 is 10.1 Å². The average molecular weight is 445 g/mol. The molecule has 9 heteroatoms. The van der Waals surface area contributed by atoms with Gasteiger partial charge in [-0.25, -0.2) is 4.98 Å². The van der Waals surface area contributed by atoms with E-state index in [1.807, 2.05) is 38.1 Å². The van der Waals surface area contributed by atoms with E-state index in [0.29, 0.717) is 31.9 Å². The third-order valence-electron chi connectivity index (χ3n) is 4.66. The van der Waals surface area contributed by atoms with Gasteiger partial charge in [-0.3, -0.25) is 14.4 Å². The van der Waals surface area contributed by atoms with Crippen molar-refractivity contribution in [1.82, 2.24) is 20.1 Å². The van der Waals surface area contributed by atoms with Crippen LogP contribution in [0.5, 0.6) is 5.75 Å². The molecule has 166 valence electrons. The standard InChI is InChI=1S/C22H28N4O4S/c1-14(2)23-19(27)22(29)26-11-9-25(10-12-26)21(28)18-13-31-20(24-18)16-5-7-17(8-6-16)30-15(3)4/h5-8,13-15H,9-12H2,1-4H3,(H,23,27). The molecule has 1 aromatic heterocycles. The summed E-state index contributed by atoms with van der Waals surface area (Å²) < 4.78 is 5.66. The summed E-state index contributed by atoms with van der Waals surface area (Å²) in [5, 5.41) is 5.12. The van der Waals surface area contributed by atoms with Crippen molar-refractivity contribution < 1.29 is 19.1 Å². The van der Waals surface area contributed by atoms with E-state index in [4.69, 9.17) is 4.74 Å². The zero-order valence-corrected chi connectivity index (χ0v) is 19.1. The Morgan fingerprint density at radius 1 is 1.00 bits per heavy atom. The summed E-state index contributed by atoms with van der Waals surface area (Å²) in [6.45, 7) is 8.94. The minimum atomic E-state index is -0.608. The predicted octanol–water partition coefficient (Wildman–Crippen LogP) is 2.41. The zero-order valence-electron chi connectivity index (χ0n) is 18.3. The summed E-state index contributed by atoms with van der Waals surface area (Å²) in [6.07, 6.45) is 0.107. The normalized spacial score (nSPS) is 14.1. The Hall–Kier alpha value is -2.94. The number of ether oxygens (including phenoxy) is 1. The van der Waals surface area contributed by atoms with E-state index in [1.165, 1.54) is 16.2 Å². The molecule has 0 aliphatic carbocycles. The first-order valence-electron chi connectivity index (χ1n) is 10.4. The highest BCUT2D eigenvalue weighted by Gasteiger charge is 2.29. The molecule has 8 nitrogen and oxygen atoms in total. The van der Waals surface area contributed by atoms with Crippen molar-refractivity contribution in [1.29, 1.82) is 0 Å². The highest BCUT2D eigenvalue weighted by atomic mass is 32.1. The molecule has 31 heavy (non-hydrogen) atoms. The van der Waals surface area contributed by atoms with Gasteiger partial charge >= 0.3 is 11.8 Å². The monoisotopic (exact) mass is 444 g/mol. The van der Waals surface area contributed by atoms with Crippen LogP contribution in [0, 0.1) is 0 Å². The van der Waals surface area contributed by atoms with Crippen LogP contribution in [0.4, 0.5) is 0 Å². The second-order valence-electron chi connectivity index (χ2n) is 7.94. The van der Waals surface area contributed by atoms with Crippen molar-refractivity contribution in [3.63, 3.8) is 0 Å². The maximum atomic E-state index is 12.8. The Balaban J connectivity index is 1.58. The summed E-state index contributed by atoms with van der Waals surface area (Å²) in [7, 11) is 0. The Kier molecular flexibility index (Phi) is 7.27. The molecular weight excluding hydrogens is 416 g/mol. The molecule has 0 radical (unpaired) electrons. The van der Waals surface area contributed by atoms with Crippen molar-refractivity contribution in [2.45, 2.75) is 39.8 Å². The number of carbonyl (C=O) groups is 3. The second-order valence-corrected chi connectivity index (χ2v) is 8.80. The van der Waals surface area contributed by atoms with Crippen LogP contribution in [0.2, 0.25) is 0 Å². The molecule has 0 unspecified atom stereocenters. The van der Waals surface area contributed by atoms with Gasteiger partial charge in [-0.05, 0) is 52.0 Å². The fourth-order valence-corrected chi connectivity index (χ4v) is 3.99. The van der Waals surface area contributed by atoms with E-state index in [-0.39, 0.29) is 18.1 Å². The minimum absolute atomic E-state index is 0.0999. The third kappa shape index (κ3) is 5.81. The molecule has 0 bridgehead atoms. The van der Waals surface area contributed by atoms with Crippen LogP contribution in [0.1, 0.15) is 38.2 Å². The lowest BCUT2D eigenvalue weighted by atomic mass is 10.2. The fraction of sp³-hybridized carbons (Fsp3) is 0.455. The quantitative estimate of drug-likeness (QED) is 0.715. The number of carbonyl (C=O) groups excluding carboxylic acids is 3. The van der Waals surface area contributed by atoms with Crippen LogP contribution in [0.25, 0.3) is 10.6 Å². The van der Waals surface area contributed by atoms with Crippen molar-refractivity contribution in [2.75, 3.05) is 26.2 Å². The fourth-order valence-electron chi connectivity index (χ4n) is 3.19. The molecule has 0 atom stereocenters. The SMILES string of the molecule is CC(C)NC(=O)C(=O)N1CCN(C(=O)c2csc(-c3ccc(OC(C)C)cc3)n2)CC1. The van der Waals surface area contributed by atoms with E-state index in [2.05, 4.69) is 10.3 Å². The molecule has 2 heterocycles. The molecule has 1 fully saturated rings. The molecule has 2 aromatic rings. The Labute approximate surface area is 186 Å². The first kappa shape index (κ1) is 22.7. The van der Waals surface area contributed by atoms with Gasteiger partial charge in [-0.15, -0.1) is 11.3 Å². The number of thiazole rings is 1. The summed E-state index contributed by atoms with van der Waals surface area (Å²) in [5.41, 5.74) is 1.31. The van der Waals surface area contributed by atoms with Crippen LogP contribution in [-0.4, -0.2) is 70.8 Å². The topological polar surface area (TPSA) is 91.8 Å². The molecule has 1 aliphatic rings. The van der Waals surface area contributed by atoms with E-state index in [1.54, 1.807) is 24.1 Å². The van der Waals surface area contributed by atoms with Crippen molar-refractivity contribution in [3.05, 3.63) is 35.3 Å². The zero-order chi connectivity index (χ0) is 22.5. The average Bonchev–Trinajstić information content (AvgIpc) is 3.22. The lowest BCUT2D eigenvalue weighted by Gasteiger charge is -2.34. The van der Waals surface area contributed by atoms with Gasteiger partial charge in [-0.1, -0.05) is 0 Å². The number of amides is 3. The second kappa shape index (κ2) is 9.91. The number of benzene rings is 1. The number of aromatic nitrogens is 1. The van der Waals surface area contributed by atoms with Gasteiger partial charge in [0.05, 0.1) is 6.10 Å². The highest BCUT2D eigenvalue weighted by Crippen LogP contribution is 2.26. The molecular formula is C22H28N4O4S. The number of rotatable bonds is 5. The summed E-state index contributed by atoms with van der Waals surface area (Å²) in [5.74, 6) is -0.535. The largest absolute Gasteiger partial charge is 0.491 e. The number of nitrogens with one attached hydrogen (secondary N) is 1. The molecule has 1 aromatic carbocycles. The predicted molar refractivity (Wildman–Crippen MR) is 119 cm³/mol. The molecule has 0 saturated carbocycles. The number of hydrogen-bond acceptors (Lipinski definition) is 6. The van der Waals surface area contributed by atoms with Crippen LogP contribution in [0.15, 0.2) is 29.6 Å². The van der Waals surface area contributed by atoms with Crippen molar-refractivity contribution in [3.8, 4) is 16.3 Å². The Morgan fingerprint density at radius 3 is 2.19 bits per heavy atom. The van der Waals surface area contributed by atoms with E-state index >= 15 is 0 Å². The Bertz CT molecular complexity index is 931. The van der Waals surface area contributed by atoms with Gasteiger partial charge in [0.25, 0.3) is 5.91 Å². The van der Waals surface area contributed by atoms with E-state index in [9.17, 15) is 14.4 Å². The maximum absolute atomic E-state index is 12.8. The smallest absolute Gasteiger partial charge is 0.312 e. The van der Waals surface area contributed by atoms with Crippen LogP contribution >= 0.6 is 11.3 Å². The van der Waals surface area contributed by atoms with Gasteiger partial charge in [0.1, 0.15) is 16.5 Å². The van der Waals surface area contributed by atoms with Gasteiger partial charge < -0.3 is 19.9 Å². The lowest BCUT2D eigenvalue weighted by Crippen LogP contribution is -2.54. The van der Waals surface area contributed by atoms with Crippen LogP contribution in [-0.2, 0) is 9.59 Å². The summed E-state index contributed by atoms with van der Waals surface area (Å²) >= 11 is 1.41. The summed E-state index contributed by atoms with van der Waals surface area (Å²) in [4.78, 5) is 44.6. The minimum Gasteiger partial charge on any atom is -0.491 e. The molecule has 1 N–H and O–H groups in total. The third-order valence-corrected chi connectivity index (χ3v) is 5.56. The van der Waals surface area contributed by atoms with Gasteiger partial charge in [0, 0.05) is 43.2 Å². The molecule has 3 amide bonds. The number of hydrogen-bond donors (Lipinski definition) is 1. The van der Waals surface area contributed by atoms with Gasteiger partial charge in [-0.2, -0.15) is 0 Å². The summed E-state index contributed by atoms with van der Waals surface area (Å²) in [6, 6.07) is 7.54. The lowest BCUT2D eigenvalue weighted by molar-refractivity contribution is -0.147. The van der Waals surface area contributed by atoms with Gasteiger partial charge in [0.2, 0.25) is 0 Å². The first-order valence-corrected chi connectivity index (χ1v) is 11.2. The van der Waals surface area contributed by atoms with Gasteiger partial charge in [0.15, 0.2) is 0 Å². The molecule has 0 spiro atoms. The van der Waals surface area contributed by atoms with Crippen molar-refractivity contribution in [2.24, 2.45) is 0 Å². The molecule has 1 aliphatic heterocycles. The van der Waals surface area contributed by atoms with E-state index in [0.717, 1.165) is 16.3 Å². The Morgan fingerprint density at radius 2 is 1.61 bits per heavy atom. The van der Waals surface area contributed by atoms with Crippen molar-refractivity contribution >= 4 is 29.1 Å². The molecule has 1 saturated heterocycles.